The van der Waals surface area contributed by atoms with Crippen molar-refractivity contribution in [3.63, 3.8) is 0 Å². The number of hydrogen-bond donors (Lipinski definition) is 1. The Morgan fingerprint density at radius 1 is 1.21 bits per heavy atom. The minimum atomic E-state index is 0.401. The molecule has 4 heteroatoms. The first-order valence-electron chi connectivity index (χ1n) is 6.69. The largest absolute Gasteiger partial charge is 0.398 e. The summed E-state index contributed by atoms with van der Waals surface area (Å²) in [4.78, 5) is 6.58. The number of nitrogens with two attached hydrogens (primary N) is 1. The molecule has 4 nitrogen and oxygen atoms in total. The third-order valence-corrected chi connectivity index (χ3v) is 3.94. The SMILES string of the molecule is COC1CCN(c2ccc(N)c3cnccc23)CC1. The molecule has 0 aliphatic carbocycles. The highest BCUT2D eigenvalue weighted by molar-refractivity contribution is 6.00. The normalized spacial score (nSPS) is 17.0. The van der Waals surface area contributed by atoms with Crippen molar-refractivity contribution in [1.29, 1.82) is 0 Å². The summed E-state index contributed by atoms with van der Waals surface area (Å²) >= 11 is 0. The molecule has 0 amide bonds. The Morgan fingerprint density at radius 3 is 2.74 bits per heavy atom. The number of nitrogen functional groups attached to an aromatic ring is 1. The van der Waals surface area contributed by atoms with E-state index in [2.05, 4.69) is 16.0 Å². The van der Waals surface area contributed by atoms with Crippen LogP contribution >= 0.6 is 0 Å². The fourth-order valence-electron chi connectivity index (χ4n) is 2.80. The van der Waals surface area contributed by atoms with E-state index in [0.717, 1.165) is 37.0 Å². The van der Waals surface area contributed by atoms with Gasteiger partial charge in [0.15, 0.2) is 0 Å². The second kappa shape index (κ2) is 5.05. The number of methoxy groups -OCH3 is 1. The van der Waals surface area contributed by atoms with Crippen molar-refractivity contribution in [2.75, 3.05) is 30.8 Å². The maximum Gasteiger partial charge on any atom is 0.0605 e. The van der Waals surface area contributed by atoms with Crippen molar-refractivity contribution in [2.24, 2.45) is 0 Å². The second-order valence-electron chi connectivity index (χ2n) is 5.02. The third-order valence-electron chi connectivity index (χ3n) is 3.94. The van der Waals surface area contributed by atoms with Gasteiger partial charge in [-0.1, -0.05) is 0 Å². The summed E-state index contributed by atoms with van der Waals surface area (Å²) in [6.45, 7) is 2.06. The zero-order valence-corrected chi connectivity index (χ0v) is 11.2. The van der Waals surface area contributed by atoms with Gasteiger partial charge in [0.2, 0.25) is 0 Å². The molecule has 1 saturated heterocycles. The van der Waals surface area contributed by atoms with Crippen molar-refractivity contribution in [1.82, 2.24) is 4.98 Å². The minimum absolute atomic E-state index is 0.401. The Labute approximate surface area is 113 Å². The number of ether oxygens (including phenoxy) is 1. The predicted molar refractivity (Wildman–Crippen MR) is 78.4 cm³/mol. The molecule has 3 rings (SSSR count). The second-order valence-corrected chi connectivity index (χ2v) is 5.02. The molecule has 2 aromatic rings. The molecular weight excluding hydrogens is 238 g/mol. The number of aromatic nitrogens is 1. The van der Waals surface area contributed by atoms with Gasteiger partial charge in [-0.2, -0.15) is 0 Å². The number of rotatable bonds is 2. The van der Waals surface area contributed by atoms with E-state index >= 15 is 0 Å². The predicted octanol–water partition coefficient (Wildman–Crippen LogP) is 2.43. The summed E-state index contributed by atoms with van der Waals surface area (Å²) in [6.07, 6.45) is 6.22. The molecule has 1 aliphatic heterocycles. The zero-order chi connectivity index (χ0) is 13.2. The van der Waals surface area contributed by atoms with Crippen molar-refractivity contribution in [2.45, 2.75) is 18.9 Å². The molecule has 0 spiro atoms. The Balaban J connectivity index is 1.95. The van der Waals surface area contributed by atoms with Crippen LogP contribution < -0.4 is 10.6 Å². The Bertz CT molecular complexity index is 577. The Hall–Kier alpha value is -1.81. The van der Waals surface area contributed by atoms with Crippen LogP contribution in [0.3, 0.4) is 0 Å². The van der Waals surface area contributed by atoms with Gasteiger partial charge in [-0.15, -0.1) is 0 Å². The zero-order valence-electron chi connectivity index (χ0n) is 11.2. The van der Waals surface area contributed by atoms with Crippen LogP contribution in [0.4, 0.5) is 11.4 Å². The summed E-state index contributed by atoms with van der Waals surface area (Å²) in [5, 5.41) is 2.22. The molecule has 0 bridgehead atoms. The average Bonchev–Trinajstić information content (AvgIpc) is 2.48. The molecule has 2 heterocycles. The van der Waals surface area contributed by atoms with Gasteiger partial charge in [0.1, 0.15) is 0 Å². The van der Waals surface area contributed by atoms with Crippen molar-refractivity contribution in [3.05, 3.63) is 30.6 Å². The standard InChI is InChI=1S/C15H19N3O/c1-19-11-5-8-18(9-6-11)15-3-2-14(16)13-10-17-7-4-12(13)15/h2-4,7,10-11H,5-6,8-9,16H2,1H3. The van der Waals surface area contributed by atoms with Gasteiger partial charge >= 0.3 is 0 Å². The molecule has 1 aromatic carbocycles. The lowest BCUT2D eigenvalue weighted by molar-refractivity contribution is 0.0819. The highest BCUT2D eigenvalue weighted by Crippen LogP contribution is 2.32. The van der Waals surface area contributed by atoms with E-state index in [1.54, 1.807) is 7.11 Å². The number of benzene rings is 1. The molecule has 1 fully saturated rings. The quantitative estimate of drug-likeness (QED) is 0.839. The van der Waals surface area contributed by atoms with E-state index in [9.17, 15) is 0 Å². The summed E-state index contributed by atoms with van der Waals surface area (Å²) in [5.74, 6) is 0. The summed E-state index contributed by atoms with van der Waals surface area (Å²) in [7, 11) is 1.80. The lowest BCUT2D eigenvalue weighted by Gasteiger charge is -2.33. The first-order valence-corrected chi connectivity index (χ1v) is 6.69. The fourth-order valence-corrected chi connectivity index (χ4v) is 2.80. The fraction of sp³-hybridized carbons (Fsp3) is 0.400. The van der Waals surface area contributed by atoms with Crippen LogP contribution in [-0.2, 0) is 4.74 Å². The molecule has 0 atom stereocenters. The molecule has 1 aliphatic rings. The van der Waals surface area contributed by atoms with Gasteiger partial charge in [0.25, 0.3) is 0 Å². The van der Waals surface area contributed by atoms with Gasteiger partial charge in [-0.25, -0.2) is 0 Å². The molecule has 0 radical (unpaired) electrons. The van der Waals surface area contributed by atoms with Crippen LogP contribution in [0.5, 0.6) is 0 Å². The van der Waals surface area contributed by atoms with Crippen LogP contribution in [0.15, 0.2) is 30.6 Å². The first kappa shape index (κ1) is 12.2. The van der Waals surface area contributed by atoms with Crippen LogP contribution in [0.25, 0.3) is 10.8 Å². The first-order chi connectivity index (χ1) is 9.29. The van der Waals surface area contributed by atoms with E-state index in [4.69, 9.17) is 10.5 Å². The number of nitrogens with zero attached hydrogens (tertiary/aromatic N) is 2. The summed E-state index contributed by atoms with van der Waals surface area (Å²) in [5.41, 5.74) is 8.06. The molecule has 100 valence electrons. The molecule has 1 aromatic heterocycles. The summed E-state index contributed by atoms with van der Waals surface area (Å²) in [6, 6.07) is 6.13. The van der Waals surface area contributed by atoms with Crippen molar-refractivity contribution >= 4 is 22.1 Å². The van der Waals surface area contributed by atoms with Crippen LogP contribution in [0.2, 0.25) is 0 Å². The number of anilines is 2. The Morgan fingerprint density at radius 2 is 2.00 bits per heavy atom. The van der Waals surface area contributed by atoms with Crippen LogP contribution in [0, 0.1) is 0 Å². The number of pyridine rings is 1. The van der Waals surface area contributed by atoms with E-state index < -0.39 is 0 Å². The third kappa shape index (κ3) is 2.24. The number of hydrogen-bond acceptors (Lipinski definition) is 4. The van der Waals surface area contributed by atoms with E-state index in [0.29, 0.717) is 6.10 Å². The van der Waals surface area contributed by atoms with Gasteiger partial charge in [-0.3, -0.25) is 4.98 Å². The van der Waals surface area contributed by atoms with Crippen molar-refractivity contribution < 1.29 is 4.74 Å². The number of piperidine rings is 1. The smallest absolute Gasteiger partial charge is 0.0605 e. The van der Waals surface area contributed by atoms with Crippen LogP contribution in [-0.4, -0.2) is 31.3 Å². The maximum absolute atomic E-state index is 6.02. The monoisotopic (exact) mass is 257 g/mol. The molecular formula is C15H19N3O. The van der Waals surface area contributed by atoms with E-state index in [1.165, 1.54) is 11.1 Å². The Kier molecular flexibility index (Phi) is 3.25. The highest BCUT2D eigenvalue weighted by atomic mass is 16.5. The minimum Gasteiger partial charge on any atom is -0.398 e. The van der Waals surface area contributed by atoms with Crippen LogP contribution in [0.1, 0.15) is 12.8 Å². The van der Waals surface area contributed by atoms with E-state index in [1.807, 2.05) is 24.5 Å². The lowest BCUT2D eigenvalue weighted by Crippen LogP contribution is -2.36. The van der Waals surface area contributed by atoms with Gasteiger partial charge in [0.05, 0.1) is 6.10 Å². The van der Waals surface area contributed by atoms with Crippen molar-refractivity contribution in [3.8, 4) is 0 Å². The molecule has 0 saturated carbocycles. The lowest BCUT2D eigenvalue weighted by atomic mass is 10.0. The molecule has 0 unspecified atom stereocenters. The highest BCUT2D eigenvalue weighted by Gasteiger charge is 2.20. The average molecular weight is 257 g/mol. The van der Waals surface area contributed by atoms with Gasteiger partial charge < -0.3 is 15.4 Å². The van der Waals surface area contributed by atoms with Gasteiger partial charge in [-0.05, 0) is 31.0 Å². The van der Waals surface area contributed by atoms with E-state index in [-0.39, 0.29) is 0 Å². The summed E-state index contributed by atoms with van der Waals surface area (Å²) < 4.78 is 5.43. The van der Waals surface area contributed by atoms with Gasteiger partial charge in [0, 0.05) is 54.7 Å². The molecule has 19 heavy (non-hydrogen) atoms. The topological polar surface area (TPSA) is 51.4 Å². The number of fused-ring (bicyclic) bond motifs is 1. The maximum atomic E-state index is 6.02. The molecule has 2 N–H and O–H groups in total.